The van der Waals surface area contributed by atoms with Crippen molar-refractivity contribution in [2.24, 2.45) is 5.73 Å². The van der Waals surface area contributed by atoms with Crippen LogP contribution in [0, 0.1) is 0 Å². The molecule has 22 heavy (non-hydrogen) atoms. The van der Waals surface area contributed by atoms with E-state index < -0.39 is 11.9 Å². The summed E-state index contributed by atoms with van der Waals surface area (Å²) < 4.78 is 14.7. The van der Waals surface area contributed by atoms with Crippen molar-refractivity contribution in [3.63, 3.8) is 0 Å². The lowest BCUT2D eigenvalue weighted by molar-refractivity contribution is -0.147. The van der Waals surface area contributed by atoms with Crippen molar-refractivity contribution in [2.75, 3.05) is 13.9 Å². The van der Waals surface area contributed by atoms with Gasteiger partial charge in [-0.1, -0.05) is 33.1 Å². The van der Waals surface area contributed by atoms with Gasteiger partial charge in [0.15, 0.2) is 17.2 Å². The molecule has 0 unspecified atom stereocenters. The van der Waals surface area contributed by atoms with Crippen LogP contribution in [0.1, 0.15) is 50.5 Å². The van der Waals surface area contributed by atoms with Crippen molar-refractivity contribution in [1.29, 1.82) is 0 Å². The summed E-state index contributed by atoms with van der Waals surface area (Å²) in [4.78, 5) is 25.4. The van der Waals surface area contributed by atoms with Crippen LogP contribution in [0.5, 0.6) is 11.5 Å². The number of esters is 1. The van der Waals surface area contributed by atoms with Gasteiger partial charge in [0.25, 0.3) is 5.91 Å². The van der Waals surface area contributed by atoms with E-state index in [4.69, 9.17) is 15.2 Å². The van der Waals surface area contributed by atoms with Gasteiger partial charge in [0, 0.05) is 19.2 Å². The maximum atomic E-state index is 11.1. The summed E-state index contributed by atoms with van der Waals surface area (Å²) in [5.41, 5.74) is 5.04. The third-order valence-electron chi connectivity index (χ3n) is 2.49. The van der Waals surface area contributed by atoms with Gasteiger partial charge in [0.05, 0.1) is 7.11 Å². The summed E-state index contributed by atoms with van der Waals surface area (Å²) in [6.45, 7) is 5.31. The van der Waals surface area contributed by atoms with Crippen molar-refractivity contribution in [1.82, 2.24) is 4.98 Å². The molecule has 0 spiro atoms. The van der Waals surface area contributed by atoms with Crippen LogP contribution < -0.4 is 15.2 Å². The molecule has 124 valence electrons. The van der Waals surface area contributed by atoms with E-state index in [0.717, 1.165) is 0 Å². The molecule has 1 heterocycles. The highest BCUT2D eigenvalue weighted by Gasteiger charge is 2.16. The first-order valence-corrected chi connectivity index (χ1v) is 7.06. The van der Waals surface area contributed by atoms with E-state index in [0.29, 0.717) is 0 Å². The van der Waals surface area contributed by atoms with Crippen LogP contribution in [0.25, 0.3) is 0 Å². The lowest BCUT2D eigenvalue weighted by Crippen LogP contribution is -2.17. The van der Waals surface area contributed by atoms with Gasteiger partial charge in [-0.15, -0.1) is 0 Å². The standard InChI is InChI=1S/C10H12N2O5.C5H12/c1-6(13)16-5-17-9-7(15-2)3-4-12-8(9)10(11)14;1-3-5-4-2/h3-4H,5H2,1-2H3,(H2,11,14);3-5H2,1-2H3. The molecule has 0 saturated heterocycles. The molecule has 1 rings (SSSR count). The monoisotopic (exact) mass is 312 g/mol. The third-order valence-corrected chi connectivity index (χ3v) is 2.49. The van der Waals surface area contributed by atoms with Crippen LogP contribution in [0.4, 0.5) is 0 Å². The van der Waals surface area contributed by atoms with E-state index in [1.807, 2.05) is 0 Å². The fraction of sp³-hybridized carbons (Fsp3) is 0.533. The fourth-order valence-electron chi connectivity index (χ4n) is 1.43. The van der Waals surface area contributed by atoms with E-state index >= 15 is 0 Å². The van der Waals surface area contributed by atoms with Gasteiger partial charge in [0.2, 0.25) is 6.79 Å². The normalized spacial score (nSPS) is 9.27. The minimum atomic E-state index is -0.762. The van der Waals surface area contributed by atoms with Gasteiger partial charge in [-0.2, -0.15) is 0 Å². The summed E-state index contributed by atoms with van der Waals surface area (Å²) in [7, 11) is 1.40. The Labute approximate surface area is 130 Å². The molecule has 0 radical (unpaired) electrons. The molecule has 2 N–H and O–H groups in total. The molecule has 0 fully saturated rings. The predicted molar refractivity (Wildman–Crippen MR) is 81.8 cm³/mol. The number of carbonyl (C=O) groups is 2. The zero-order chi connectivity index (χ0) is 17.0. The lowest BCUT2D eigenvalue weighted by atomic mass is 10.3. The molecule has 0 aliphatic carbocycles. The number of nitrogens with two attached hydrogens (primary N) is 1. The van der Waals surface area contributed by atoms with Crippen LogP contribution >= 0.6 is 0 Å². The highest BCUT2D eigenvalue weighted by atomic mass is 16.7. The Hall–Kier alpha value is -2.31. The largest absolute Gasteiger partial charge is 0.493 e. The van der Waals surface area contributed by atoms with E-state index in [2.05, 4.69) is 23.6 Å². The Balaban J connectivity index is 0.000000763. The predicted octanol–water partition coefficient (Wildman–Crippen LogP) is 2.29. The van der Waals surface area contributed by atoms with E-state index in [1.165, 1.54) is 45.6 Å². The van der Waals surface area contributed by atoms with Crippen molar-refractivity contribution in [3.05, 3.63) is 18.0 Å². The maximum absolute atomic E-state index is 11.1. The first-order chi connectivity index (χ1) is 10.5. The Morgan fingerprint density at radius 3 is 2.32 bits per heavy atom. The maximum Gasteiger partial charge on any atom is 0.305 e. The lowest BCUT2D eigenvalue weighted by Gasteiger charge is -2.12. The Morgan fingerprint density at radius 2 is 1.91 bits per heavy atom. The van der Waals surface area contributed by atoms with Gasteiger partial charge in [-0.25, -0.2) is 4.98 Å². The Bertz CT molecular complexity index is 475. The topological polar surface area (TPSA) is 101 Å². The molecule has 0 saturated carbocycles. The smallest absolute Gasteiger partial charge is 0.305 e. The summed E-state index contributed by atoms with van der Waals surface area (Å²) in [6, 6.07) is 1.50. The number of carbonyl (C=O) groups excluding carboxylic acids is 2. The second kappa shape index (κ2) is 11.4. The summed E-state index contributed by atoms with van der Waals surface area (Å²) in [5, 5.41) is 0. The van der Waals surface area contributed by atoms with Crippen LogP contribution in [-0.4, -0.2) is 30.8 Å². The summed E-state index contributed by atoms with van der Waals surface area (Å²) >= 11 is 0. The quantitative estimate of drug-likeness (QED) is 0.612. The van der Waals surface area contributed by atoms with Crippen LogP contribution in [0.2, 0.25) is 0 Å². The molecule has 0 aliphatic heterocycles. The number of hydrogen-bond acceptors (Lipinski definition) is 6. The molecule has 1 amide bonds. The van der Waals surface area contributed by atoms with Gasteiger partial charge >= 0.3 is 5.97 Å². The average Bonchev–Trinajstić information content (AvgIpc) is 2.48. The summed E-state index contributed by atoms with van der Waals surface area (Å²) in [5.74, 6) is -0.945. The van der Waals surface area contributed by atoms with Gasteiger partial charge in [-0.05, 0) is 0 Å². The Morgan fingerprint density at radius 1 is 1.27 bits per heavy atom. The van der Waals surface area contributed by atoms with Gasteiger partial charge < -0.3 is 19.9 Å². The van der Waals surface area contributed by atoms with Gasteiger partial charge in [0.1, 0.15) is 0 Å². The van der Waals surface area contributed by atoms with Crippen molar-refractivity contribution in [3.8, 4) is 11.5 Å². The van der Waals surface area contributed by atoms with Crippen LogP contribution in [0.15, 0.2) is 12.3 Å². The number of nitrogens with zero attached hydrogens (tertiary/aromatic N) is 1. The number of pyridine rings is 1. The molecule has 0 atom stereocenters. The number of unbranched alkanes of at least 4 members (excludes halogenated alkanes) is 2. The van der Waals surface area contributed by atoms with Crippen molar-refractivity contribution in [2.45, 2.75) is 40.0 Å². The highest BCUT2D eigenvalue weighted by molar-refractivity contribution is 5.94. The number of primary amides is 1. The first-order valence-electron chi connectivity index (χ1n) is 7.06. The number of amides is 1. The molecule has 1 aromatic heterocycles. The molecule has 7 heteroatoms. The zero-order valence-corrected chi connectivity index (χ0v) is 13.5. The Kier molecular flexibility index (Phi) is 10.2. The summed E-state index contributed by atoms with van der Waals surface area (Å²) in [6.07, 6.45) is 5.44. The number of rotatable bonds is 7. The SMILES string of the molecule is CCCCC.COc1ccnc(C(N)=O)c1OCOC(C)=O. The zero-order valence-electron chi connectivity index (χ0n) is 13.5. The highest BCUT2D eigenvalue weighted by Crippen LogP contribution is 2.29. The first kappa shape index (κ1) is 19.7. The van der Waals surface area contributed by atoms with Gasteiger partial charge in [-0.3, -0.25) is 9.59 Å². The average molecular weight is 312 g/mol. The molecule has 0 aliphatic rings. The molecule has 0 bridgehead atoms. The molecular formula is C15H24N2O5. The number of ether oxygens (including phenoxy) is 3. The van der Waals surface area contributed by atoms with Crippen LogP contribution in [0.3, 0.4) is 0 Å². The van der Waals surface area contributed by atoms with E-state index in [-0.39, 0.29) is 24.0 Å². The second-order valence-electron chi connectivity index (χ2n) is 4.31. The number of hydrogen-bond donors (Lipinski definition) is 1. The molecule has 0 aromatic carbocycles. The van der Waals surface area contributed by atoms with E-state index in [9.17, 15) is 9.59 Å². The second-order valence-corrected chi connectivity index (χ2v) is 4.31. The molecular weight excluding hydrogens is 288 g/mol. The van der Waals surface area contributed by atoms with Crippen molar-refractivity contribution >= 4 is 11.9 Å². The third kappa shape index (κ3) is 7.47. The van der Waals surface area contributed by atoms with Crippen LogP contribution in [-0.2, 0) is 9.53 Å². The molecule has 1 aromatic rings. The number of aromatic nitrogens is 1. The number of methoxy groups -OCH3 is 1. The molecule has 7 nitrogen and oxygen atoms in total. The minimum Gasteiger partial charge on any atom is -0.493 e. The van der Waals surface area contributed by atoms with E-state index in [1.54, 1.807) is 0 Å². The minimum absolute atomic E-state index is 0.0451. The van der Waals surface area contributed by atoms with Crippen molar-refractivity contribution < 1.29 is 23.8 Å². The fourth-order valence-corrected chi connectivity index (χ4v) is 1.43.